The largest absolute Gasteiger partial charge is 0.441 e. The van der Waals surface area contributed by atoms with Crippen molar-refractivity contribution in [1.82, 2.24) is 20.2 Å². The average molecular weight is 264 g/mol. The fourth-order valence-corrected chi connectivity index (χ4v) is 3.08. The molecule has 0 unspecified atom stereocenters. The van der Waals surface area contributed by atoms with Gasteiger partial charge in [-0.15, -0.1) is 11.8 Å². The first-order valence-corrected chi connectivity index (χ1v) is 7.16. The molecule has 1 aliphatic rings. The predicted octanol–water partition coefficient (Wildman–Crippen LogP) is 1.22. The molecule has 0 amide bonds. The molecule has 1 aliphatic heterocycles. The number of oxazole rings is 1. The number of rotatable bonds is 4. The number of pyridine rings is 1. The Kier molecular flexibility index (Phi) is 3.78. The molecular formula is C12H16N4OS. The SMILES string of the molecule is c1cc(SCCN2CCNCC2)c2ocnc2n1. The van der Waals surface area contributed by atoms with Crippen molar-refractivity contribution in [3.63, 3.8) is 0 Å². The maximum Gasteiger partial charge on any atom is 0.199 e. The number of nitrogens with one attached hydrogen (secondary N) is 1. The Morgan fingerprint density at radius 3 is 3.11 bits per heavy atom. The van der Waals surface area contributed by atoms with E-state index in [2.05, 4.69) is 20.2 Å². The van der Waals surface area contributed by atoms with E-state index >= 15 is 0 Å². The molecule has 0 aliphatic carbocycles. The molecule has 0 aromatic carbocycles. The van der Waals surface area contributed by atoms with Crippen molar-refractivity contribution >= 4 is 23.0 Å². The van der Waals surface area contributed by atoms with Crippen LogP contribution in [0.2, 0.25) is 0 Å². The van der Waals surface area contributed by atoms with E-state index in [0.717, 1.165) is 49.0 Å². The van der Waals surface area contributed by atoms with Crippen LogP contribution in [0.3, 0.4) is 0 Å². The van der Waals surface area contributed by atoms with Gasteiger partial charge >= 0.3 is 0 Å². The van der Waals surface area contributed by atoms with Crippen LogP contribution in [0.1, 0.15) is 0 Å². The smallest absolute Gasteiger partial charge is 0.199 e. The summed E-state index contributed by atoms with van der Waals surface area (Å²) in [5.74, 6) is 1.07. The van der Waals surface area contributed by atoms with E-state index in [4.69, 9.17) is 4.42 Å². The molecular weight excluding hydrogens is 248 g/mol. The maximum atomic E-state index is 5.37. The lowest BCUT2D eigenvalue weighted by Crippen LogP contribution is -2.44. The first kappa shape index (κ1) is 12.0. The third-order valence-electron chi connectivity index (χ3n) is 3.07. The van der Waals surface area contributed by atoms with Crippen molar-refractivity contribution < 1.29 is 4.42 Å². The van der Waals surface area contributed by atoms with Crippen LogP contribution in [0.25, 0.3) is 11.2 Å². The van der Waals surface area contributed by atoms with Crippen molar-refractivity contribution in [2.45, 2.75) is 4.90 Å². The molecule has 1 saturated heterocycles. The quantitative estimate of drug-likeness (QED) is 0.838. The maximum absolute atomic E-state index is 5.37. The van der Waals surface area contributed by atoms with E-state index in [0.29, 0.717) is 5.65 Å². The van der Waals surface area contributed by atoms with E-state index in [1.807, 2.05) is 17.8 Å². The molecule has 0 saturated carbocycles. The second-order valence-corrected chi connectivity index (χ2v) is 5.39. The number of hydrogen-bond acceptors (Lipinski definition) is 6. The molecule has 96 valence electrons. The number of hydrogen-bond donors (Lipinski definition) is 1. The van der Waals surface area contributed by atoms with Gasteiger partial charge < -0.3 is 9.73 Å². The molecule has 2 aromatic rings. The third kappa shape index (κ3) is 2.66. The zero-order valence-electron chi connectivity index (χ0n) is 10.1. The number of piperazine rings is 1. The van der Waals surface area contributed by atoms with Crippen LogP contribution in [-0.4, -0.2) is 53.3 Å². The highest BCUT2D eigenvalue weighted by Gasteiger charge is 2.10. The van der Waals surface area contributed by atoms with Crippen LogP contribution in [0.5, 0.6) is 0 Å². The molecule has 2 aromatic heterocycles. The fraction of sp³-hybridized carbons (Fsp3) is 0.500. The van der Waals surface area contributed by atoms with Crippen LogP contribution in [0, 0.1) is 0 Å². The highest BCUT2D eigenvalue weighted by atomic mass is 32.2. The summed E-state index contributed by atoms with van der Waals surface area (Å²) in [6.07, 6.45) is 3.25. The van der Waals surface area contributed by atoms with E-state index in [9.17, 15) is 0 Å². The van der Waals surface area contributed by atoms with Gasteiger partial charge in [-0.1, -0.05) is 0 Å². The Morgan fingerprint density at radius 2 is 2.22 bits per heavy atom. The Morgan fingerprint density at radius 1 is 1.33 bits per heavy atom. The monoisotopic (exact) mass is 264 g/mol. The van der Waals surface area contributed by atoms with Gasteiger partial charge in [-0.2, -0.15) is 4.98 Å². The zero-order valence-corrected chi connectivity index (χ0v) is 10.9. The standard InChI is InChI=1S/C12H16N4OS/c1-2-14-12-11(17-9-15-12)10(1)18-8-7-16-5-3-13-4-6-16/h1-2,9,13H,3-8H2. The summed E-state index contributed by atoms with van der Waals surface area (Å²) in [5, 5.41) is 3.36. The van der Waals surface area contributed by atoms with Gasteiger partial charge in [-0.05, 0) is 6.07 Å². The first-order chi connectivity index (χ1) is 8.93. The van der Waals surface area contributed by atoms with Gasteiger partial charge in [0.15, 0.2) is 17.6 Å². The van der Waals surface area contributed by atoms with Gasteiger partial charge in [-0.25, -0.2) is 4.98 Å². The first-order valence-electron chi connectivity index (χ1n) is 6.17. The van der Waals surface area contributed by atoms with Crippen molar-refractivity contribution in [2.75, 3.05) is 38.5 Å². The normalized spacial score (nSPS) is 17.3. The van der Waals surface area contributed by atoms with Gasteiger partial charge in [0.1, 0.15) is 0 Å². The number of aromatic nitrogens is 2. The van der Waals surface area contributed by atoms with Crippen LogP contribution in [0.4, 0.5) is 0 Å². The Bertz CT molecular complexity index is 510. The molecule has 0 spiro atoms. The summed E-state index contributed by atoms with van der Waals surface area (Å²) in [6.45, 7) is 5.62. The molecule has 1 N–H and O–H groups in total. The van der Waals surface area contributed by atoms with Crippen molar-refractivity contribution in [1.29, 1.82) is 0 Å². The van der Waals surface area contributed by atoms with Crippen molar-refractivity contribution in [3.05, 3.63) is 18.7 Å². The predicted molar refractivity (Wildman–Crippen MR) is 71.8 cm³/mol. The Labute approximate surface area is 110 Å². The van der Waals surface area contributed by atoms with E-state index in [1.165, 1.54) is 6.39 Å². The summed E-state index contributed by atoms with van der Waals surface area (Å²) in [7, 11) is 0. The van der Waals surface area contributed by atoms with Crippen LogP contribution in [0.15, 0.2) is 28.0 Å². The van der Waals surface area contributed by atoms with Crippen LogP contribution < -0.4 is 5.32 Å². The van der Waals surface area contributed by atoms with E-state index in [-0.39, 0.29) is 0 Å². The minimum Gasteiger partial charge on any atom is -0.441 e. The number of thioether (sulfide) groups is 1. The highest BCUT2D eigenvalue weighted by Crippen LogP contribution is 2.25. The van der Waals surface area contributed by atoms with Gasteiger partial charge in [-0.3, -0.25) is 4.90 Å². The second kappa shape index (κ2) is 5.69. The average Bonchev–Trinajstić information content (AvgIpc) is 2.89. The summed E-state index contributed by atoms with van der Waals surface area (Å²) in [5.41, 5.74) is 1.50. The van der Waals surface area contributed by atoms with E-state index < -0.39 is 0 Å². The van der Waals surface area contributed by atoms with Gasteiger partial charge in [0, 0.05) is 44.7 Å². The molecule has 1 fully saturated rings. The molecule has 5 nitrogen and oxygen atoms in total. The summed E-state index contributed by atoms with van der Waals surface area (Å²) < 4.78 is 5.37. The lowest BCUT2D eigenvalue weighted by Gasteiger charge is -2.26. The lowest BCUT2D eigenvalue weighted by atomic mass is 10.4. The topological polar surface area (TPSA) is 54.2 Å². The fourth-order valence-electron chi connectivity index (χ4n) is 2.08. The van der Waals surface area contributed by atoms with Gasteiger partial charge in [0.05, 0.1) is 4.90 Å². The van der Waals surface area contributed by atoms with E-state index in [1.54, 1.807) is 6.20 Å². The van der Waals surface area contributed by atoms with Crippen LogP contribution in [-0.2, 0) is 0 Å². The highest BCUT2D eigenvalue weighted by molar-refractivity contribution is 7.99. The number of nitrogens with zero attached hydrogens (tertiary/aromatic N) is 3. The molecule has 3 heterocycles. The summed E-state index contributed by atoms with van der Waals surface area (Å²) in [4.78, 5) is 11.9. The second-order valence-electron chi connectivity index (χ2n) is 4.25. The lowest BCUT2D eigenvalue weighted by molar-refractivity contribution is 0.255. The molecule has 0 atom stereocenters. The van der Waals surface area contributed by atoms with Crippen LogP contribution >= 0.6 is 11.8 Å². The molecule has 3 rings (SSSR count). The Hall–Kier alpha value is -1.11. The number of fused-ring (bicyclic) bond motifs is 1. The summed E-state index contributed by atoms with van der Waals surface area (Å²) >= 11 is 1.81. The minimum absolute atomic E-state index is 0.696. The zero-order chi connectivity index (χ0) is 12.2. The molecule has 0 radical (unpaired) electrons. The van der Waals surface area contributed by atoms with Gasteiger partial charge in [0.25, 0.3) is 0 Å². The molecule has 6 heteroatoms. The minimum atomic E-state index is 0.696. The molecule has 0 bridgehead atoms. The Balaban J connectivity index is 1.57. The van der Waals surface area contributed by atoms with Gasteiger partial charge in [0.2, 0.25) is 0 Å². The van der Waals surface area contributed by atoms with Crippen molar-refractivity contribution in [3.8, 4) is 0 Å². The molecule has 18 heavy (non-hydrogen) atoms. The summed E-state index contributed by atoms with van der Waals surface area (Å²) in [6, 6.07) is 2.00. The third-order valence-corrected chi connectivity index (χ3v) is 4.09. The van der Waals surface area contributed by atoms with Crippen molar-refractivity contribution in [2.24, 2.45) is 0 Å².